The number of benzene rings is 1. The van der Waals surface area contributed by atoms with Gasteiger partial charge in [0.05, 0.1) is 16.6 Å². The third-order valence-electron chi connectivity index (χ3n) is 2.74. The standard InChI is InChI=1S/C11H5BrF3N3O/c12-6-4-8-7(3-5(6)11(13,14)15)17-10(19)9-16-1-2-18(8)9/h1-4H,(H,17,19). The summed E-state index contributed by atoms with van der Waals surface area (Å²) in [6, 6.07) is 2.21. The van der Waals surface area contributed by atoms with E-state index >= 15 is 0 Å². The summed E-state index contributed by atoms with van der Waals surface area (Å²) >= 11 is 2.90. The van der Waals surface area contributed by atoms with Crippen LogP contribution in [0, 0.1) is 0 Å². The number of alkyl halides is 3. The molecule has 2 heterocycles. The van der Waals surface area contributed by atoms with E-state index in [9.17, 15) is 18.0 Å². The molecule has 0 saturated carbocycles. The lowest BCUT2D eigenvalue weighted by Gasteiger charge is -2.11. The molecule has 4 nitrogen and oxygen atoms in total. The number of H-pyrrole nitrogens is 1. The molecule has 1 N–H and O–H groups in total. The van der Waals surface area contributed by atoms with E-state index in [4.69, 9.17) is 0 Å². The van der Waals surface area contributed by atoms with Gasteiger partial charge in [-0.05, 0) is 12.1 Å². The summed E-state index contributed by atoms with van der Waals surface area (Å²) in [5.41, 5.74) is -0.694. The highest BCUT2D eigenvalue weighted by Crippen LogP contribution is 2.36. The fraction of sp³-hybridized carbons (Fsp3) is 0.0909. The Morgan fingerprint density at radius 1 is 1.32 bits per heavy atom. The molecule has 0 spiro atoms. The molecule has 3 rings (SSSR count). The van der Waals surface area contributed by atoms with Crippen molar-refractivity contribution in [3.63, 3.8) is 0 Å². The van der Waals surface area contributed by atoms with E-state index in [2.05, 4.69) is 25.9 Å². The van der Waals surface area contributed by atoms with E-state index in [1.54, 1.807) is 0 Å². The van der Waals surface area contributed by atoms with Gasteiger partial charge in [0.1, 0.15) is 0 Å². The van der Waals surface area contributed by atoms with Crippen molar-refractivity contribution < 1.29 is 13.2 Å². The molecule has 1 aromatic carbocycles. The molecule has 0 aliphatic rings. The van der Waals surface area contributed by atoms with Crippen LogP contribution in [0.4, 0.5) is 13.2 Å². The molecule has 3 aromatic rings. The molecule has 0 radical (unpaired) electrons. The van der Waals surface area contributed by atoms with Gasteiger partial charge < -0.3 is 4.98 Å². The number of nitrogens with one attached hydrogen (secondary N) is 1. The third-order valence-corrected chi connectivity index (χ3v) is 3.40. The molecule has 2 aromatic heterocycles. The summed E-state index contributed by atoms with van der Waals surface area (Å²) in [4.78, 5) is 17.9. The van der Waals surface area contributed by atoms with Gasteiger partial charge in [0.2, 0.25) is 5.65 Å². The fourth-order valence-electron chi connectivity index (χ4n) is 1.92. The third kappa shape index (κ3) is 1.83. The van der Waals surface area contributed by atoms with Crippen LogP contribution in [-0.4, -0.2) is 14.4 Å². The first-order valence-corrected chi connectivity index (χ1v) is 5.93. The second-order valence-electron chi connectivity index (χ2n) is 3.92. The van der Waals surface area contributed by atoms with Crippen molar-refractivity contribution in [2.75, 3.05) is 0 Å². The van der Waals surface area contributed by atoms with Crippen LogP contribution in [0.2, 0.25) is 0 Å². The lowest BCUT2D eigenvalue weighted by Crippen LogP contribution is -2.12. The molecule has 0 amide bonds. The molecule has 0 saturated heterocycles. The van der Waals surface area contributed by atoms with E-state index in [1.165, 1.54) is 22.9 Å². The second kappa shape index (κ2) is 3.83. The SMILES string of the molecule is O=c1[nH]c2cc(C(F)(F)F)c(Br)cc2n2ccnc12. The Morgan fingerprint density at radius 3 is 2.74 bits per heavy atom. The molecule has 0 atom stereocenters. The number of aromatic nitrogens is 3. The van der Waals surface area contributed by atoms with Crippen molar-refractivity contribution in [2.24, 2.45) is 0 Å². The molecule has 0 bridgehead atoms. The highest BCUT2D eigenvalue weighted by molar-refractivity contribution is 9.10. The number of rotatable bonds is 0. The van der Waals surface area contributed by atoms with E-state index in [0.29, 0.717) is 5.52 Å². The largest absolute Gasteiger partial charge is 0.417 e. The summed E-state index contributed by atoms with van der Waals surface area (Å²) in [6.45, 7) is 0. The van der Waals surface area contributed by atoms with E-state index in [0.717, 1.165) is 6.07 Å². The number of aromatic amines is 1. The maximum atomic E-state index is 12.8. The maximum Gasteiger partial charge on any atom is 0.417 e. The van der Waals surface area contributed by atoms with Crippen molar-refractivity contribution in [1.82, 2.24) is 14.4 Å². The van der Waals surface area contributed by atoms with E-state index < -0.39 is 17.3 Å². The number of nitrogens with zero attached hydrogens (tertiary/aromatic N) is 2. The lowest BCUT2D eigenvalue weighted by molar-refractivity contribution is -0.138. The molecule has 8 heteroatoms. The Kier molecular flexibility index (Phi) is 2.46. The molecule has 98 valence electrons. The van der Waals surface area contributed by atoms with Crippen molar-refractivity contribution in [1.29, 1.82) is 0 Å². The minimum Gasteiger partial charge on any atom is -0.317 e. The zero-order valence-electron chi connectivity index (χ0n) is 9.12. The van der Waals surface area contributed by atoms with E-state index in [-0.39, 0.29) is 15.6 Å². The Bertz CT molecular complexity index is 850. The summed E-state index contributed by atoms with van der Waals surface area (Å²) in [7, 11) is 0. The maximum absolute atomic E-state index is 12.8. The Hall–Kier alpha value is -1.83. The smallest absolute Gasteiger partial charge is 0.317 e. The minimum absolute atomic E-state index is 0.0884. The monoisotopic (exact) mass is 331 g/mol. The van der Waals surface area contributed by atoms with Crippen LogP contribution in [0.3, 0.4) is 0 Å². The zero-order chi connectivity index (χ0) is 13.8. The normalized spacial score (nSPS) is 12.4. The zero-order valence-corrected chi connectivity index (χ0v) is 10.7. The Labute approximate surface area is 112 Å². The fourth-order valence-corrected chi connectivity index (χ4v) is 2.48. The summed E-state index contributed by atoms with van der Waals surface area (Å²) in [5, 5.41) is 0. The number of hydrogen-bond donors (Lipinski definition) is 1. The first kappa shape index (κ1) is 12.2. The number of hydrogen-bond acceptors (Lipinski definition) is 2. The van der Waals surface area contributed by atoms with E-state index in [1.807, 2.05) is 0 Å². The summed E-state index contributed by atoms with van der Waals surface area (Å²) in [5.74, 6) is 0. The Morgan fingerprint density at radius 2 is 2.05 bits per heavy atom. The van der Waals surface area contributed by atoms with Gasteiger partial charge in [-0.15, -0.1) is 0 Å². The molecule has 19 heavy (non-hydrogen) atoms. The van der Waals surface area contributed by atoms with Gasteiger partial charge >= 0.3 is 6.18 Å². The highest BCUT2D eigenvalue weighted by atomic mass is 79.9. The van der Waals surface area contributed by atoms with Gasteiger partial charge in [-0.25, -0.2) is 4.98 Å². The molecule has 0 unspecified atom stereocenters. The molecular formula is C11H5BrF3N3O. The van der Waals surface area contributed by atoms with Gasteiger partial charge in [0.25, 0.3) is 5.56 Å². The van der Waals surface area contributed by atoms with Crippen LogP contribution in [0.15, 0.2) is 33.8 Å². The highest BCUT2D eigenvalue weighted by Gasteiger charge is 2.33. The van der Waals surface area contributed by atoms with Crippen LogP contribution in [0.5, 0.6) is 0 Å². The number of halogens is 4. The summed E-state index contributed by atoms with van der Waals surface area (Å²) in [6.07, 6.45) is -1.56. The van der Waals surface area contributed by atoms with Crippen LogP contribution in [-0.2, 0) is 6.18 Å². The van der Waals surface area contributed by atoms with Crippen molar-refractivity contribution in [3.8, 4) is 0 Å². The predicted octanol–water partition coefficient (Wildman–Crippen LogP) is 2.96. The lowest BCUT2D eigenvalue weighted by atomic mass is 10.2. The molecule has 0 fully saturated rings. The van der Waals surface area contributed by atoms with Crippen molar-refractivity contribution >= 4 is 32.6 Å². The van der Waals surface area contributed by atoms with Crippen LogP contribution >= 0.6 is 15.9 Å². The Balaban J connectivity index is 2.49. The molecule has 0 aliphatic carbocycles. The average Bonchev–Trinajstić information content (AvgIpc) is 2.78. The first-order valence-electron chi connectivity index (χ1n) is 5.14. The van der Waals surface area contributed by atoms with Gasteiger partial charge in [0, 0.05) is 16.9 Å². The average molecular weight is 332 g/mol. The second-order valence-corrected chi connectivity index (χ2v) is 4.78. The van der Waals surface area contributed by atoms with Gasteiger partial charge in [0.15, 0.2) is 0 Å². The van der Waals surface area contributed by atoms with Crippen LogP contribution in [0.25, 0.3) is 16.7 Å². The van der Waals surface area contributed by atoms with Crippen LogP contribution < -0.4 is 5.56 Å². The molecule has 0 aliphatic heterocycles. The predicted molar refractivity (Wildman–Crippen MR) is 66.0 cm³/mol. The quantitative estimate of drug-likeness (QED) is 0.688. The molecular weight excluding hydrogens is 327 g/mol. The minimum atomic E-state index is -4.49. The van der Waals surface area contributed by atoms with Gasteiger partial charge in [-0.3, -0.25) is 9.20 Å². The van der Waals surface area contributed by atoms with Gasteiger partial charge in [-0.1, -0.05) is 15.9 Å². The first-order chi connectivity index (χ1) is 8.88. The van der Waals surface area contributed by atoms with Crippen LogP contribution in [0.1, 0.15) is 5.56 Å². The summed E-state index contributed by atoms with van der Waals surface area (Å²) < 4.78 is 39.7. The van der Waals surface area contributed by atoms with Crippen molar-refractivity contribution in [2.45, 2.75) is 6.18 Å². The topological polar surface area (TPSA) is 50.2 Å². The van der Waals surface area contributed by atoms with Crippen molar-refractivity contribution in [3.05, 3.63) is 44.9 Å². The number of imidazole rings is 1. The van der Waals surface area contributed by atoms with Gasteiger partial charge in [-0.2, -0.15) is 13.2 Å². The number of fused-ring (bicyclic) bond motifs is 3.